The zero-order valence-electron chi connectivity index (χ0n) is 14.6. The Hall–Kier alpha value is -2.47. The summed E-state index contributed by atoms with van der Waals surface area (Å²) in [5, 5.41) is 2.57. The van der Waals surface area contributed by atoms with Gasteiger partial charge in [-0.1, -0.05) is 43.2 Å². The van der Waals surface area contributed by atoms with Gasteiger partial charge in [-0.25, -0.2) is 4.98 Å². The van der Waals surface area contributed by atoms with Gasteiger partial charge in [-0.05, 0) is 18.4 Å². The molecule has 3 aromatic rings. The van der Waals surface area contributed by atoms with Crippen molar-refractivity contribution in [1.82, 2.24) is 14.5 Å². The fourth-order valence-electron chi connectivity index (χ4n) is 3.48. The highest BCUT2D eigenvalue weighted by Crippen LogP contribution is 2.30. The van der Waals surface area contributed by atoms with Crippen LogP contribution in [0.2, 0.25) is 0 Å². The van der Waals surface area contributed by atoms with Gasteiger partial charge in [0.25, 0.3) is 5.56 Å². The molecule has 4 rings (SSSR count). The standard InChI is InChI=1S/C20H21N3O2S/c24-17(22-10-6-1-2-7-11-22)12-23-14-21-19-18(20(23)25)16(13-26-19)15-8-4-3-5-9-15/h3-5,8-9,13-14H,1-2,6-7,10-12H2. The molecule has 6 heteroatoms. The first-order valence-electron chi connectivity index (χ1n) is 9.04. The van der Waals surface area contributed by atoms with Crippen LogP contribution in [0, 0.1) is 0 Å². The second-order valence-corrected chi connectivity index (χ2v) is 7.53. The molecular weight excluding hydrogens is 346 g/mol. The van der Waals surface area contributed by atoms with Crippen LogP contribution < -0.4 is 5.56 Å². The molecule has 1 aliphatic rings. The molecule has 0 atom stereocenters. The minimum Gasteiger partial charge on any atom is -0.341 e. The summed E-state index contributed by atoms with van der Waals surface area (Å²) in [5.41, 5.74) is 1.74. The molecule has 134 valence electrons. The van der Waals surface area contributed by atoms with Crippen molar-refractivity contribution in [3.05, 3.63) is 52.4 Å². The van der Waals surface area contributed by atoms with Gasteiger partial charge >= 0.3 is 0 Å². The van der Waals surface area contributed by atoms with Crippen LogP contribution >= 0.6 is 11.3 Å². The Balaban J connectivity index is 1.67. The number of rotatable bonds is 3. The summed E-state index contributed by atoms with van der Waals surface area (Å²) in [6, 6.07) is 9.84. The smallest absolute Gasteiger partial charge is 0.263 e. The molecule has 1 aromatic carbocycles. The summed E-state index contributed by atoms with van der Waals surface area (Å²) in [4.78, 5) is 32.7. The Bertz CT molecular complexity index is 970. The van der Waals surface area contributed by atoms with Crippen molar-refractivity contribution < 1.29 is 4.79 Å². The molecule has 0 saturated carbocycles. The minimum absolute atomic E-state index is 0.00615. The third kappa shape index (κ3) is 3.29. The predicted molar refractivity (Wildman–Crippen MR) is 104 cm³/mol. The normalized spacial score (nSPS) is 15.2. The van der Waals surface area contributed by atoms with Crippen LogP contribution in [0.15, 0.2) is 46.8 Å². The number of fused-ring (bicyclic) bond motifs is 1. The van der Waals surface area contributed by atoms with E-state index in [9.17, 15) is 9.59 Å². The van der Waals surface area contributed by atoms with Gasteiger partial charge in [0.05, 0.1) is 11.7 Å². The first-order valence-corrected chi connectivity index (χ1v) is 9.92. The molecule has 26 heavy (non-hydrogen) atoms. The van der Waals surface area contributed by atoms with E-state index in [-0.39, 0.29) is 18.0 Å². The lowest BCUT2D eigenvalue weighted by Crippen LogP contribution is -2.37. The molecule has 0 bridgehead atoms. The minimum atomic E-state index is -0.140. The third-order valence-electron chi connectivity index (χ3n) is 4.91. The average molecular weight is 367 g/mol. The Morgan fingerprint density at radius 3 is 2.54 bits per heavy atom. The summed E-state index contributed by atoms with van der Waals surface area (Å²) >= 11 is 1.46. The van der Waals surface area contributed by atoms with E-state index < -0.39 is 0 Å². The van der Waals surface area contributed by atoms with Gasteiger partial charge in [0.2, 0.25) is 5.91 Å². The molecule has 0 aliphatic carbocycles. The van der Waals surface area contributed by atoms with Crippen LogP contribution in [0.1, 0.15) is 25.7 Å². The van der Waals surface area contributed by atoms with Gasteiger partial charge in [0.1, 0.15) is 11.4 Å². The lowest BCUT2D eigenvalue weighted by atomic mass is 10.1. The second kappa shape index (κ2) is 7.41. The quantitative estimate of drug-likeness (QED) is 0.712. The summed E-state index contributed by atoms with van der Waals surface area (Å²) in [6.07, 6.45) is 5.94. The second-order valence-electron chi connectivity index (χ2n) is 6.67. The van der Waals surface area contributed by atoms with E-state index in [2.05, 4.69) is 4.98 Å². The van der Waals surface area contributed by atoms with Crippen LogP contribution in [0.25, 0.3) is 21.3 Å². The van der Waals surface area contributed by atoms with Gasteiger partial charge < -0.3 is 4.90 Å². The summed E-state index contributed by atoms with van der Waals surface area (Å²) in [7, 11) is 0. The highest BCUT2D eigenvalue weighted by Gasteiger charge is 2.18. The van der Waals surface area contributed by atoms with Gasteiger partial charge in [-0.15, -0.1) is 11.3 Å². The molecule has 2 aromatic heterocycles. The molecule has 0 unspecified atom stereocenters. The van der Waals surface area contributed by atoms with E-state index in [1.54, 1.807) is 0 Å². The van der Waals surface area contributed by atoms with Crippen molar-refractivity contribution in [2.45, 2.75) is 32.2 Å². The third-order valence-corrected chi connectivity index (χ3v) is 5.80. The molecule has 0 radical (unpaired) electrons. The molecule has 5 nitrogen and oxygen atoms in total. The van der Waals surface area contributed by atoms with Crippen LogP contribution in [-0.2, 0) is 11.3 Å². The van der Waals surface area contributed by atoms with E-state index in [1.807, 2.05) is 40.6 Å². The van der Waals surface area contributed by atoms with E-state index in [4.69, 9.17) is 0 Å². The van der Waals surface area contributed by atoms with Gasteiger partial charge in [-0.3, -0.25) is 14.2 Å². The first kappa shape index (κ1) is 17.0. The van der Waals surface area contributed by atoms with Crippen LogP contribution in [0.4, 0.5) is 0 Å². The molecule has 1 fully saturated rings. The van der Waals surface area contributed by atoms with E-state index in [0.717, 1.165) is 37.1 Å². The van der Waals surface area contributed by atoms with Gasteiger partial charge in [-0.2, -0.15) is 0 Å². The largest absolute Gasteiger partial charge is 0.341 e. The van der Waals surface area contributed by atoms with E-state index >= 15 is 0 Å². The number of aromatic nitrogens is 2. The van der Waals surface area contributed by atoms with E-state index in [0.29, 0.717) is 10.2 Å². The maximum Gasteiger partial charge on any atom is 0.263 e. The van der Waals surface area contributed by atoms with E-state index in [1.165, 1.54) is 35.1 Å². The molecule has 1 aliphatic heterocycles. The monoisotopic (exact) mass is 367 g/mol. The summed E-state index contributed by atoms with van der Waals surface area (Å²) in [6.45, 7) is 1.64. The predicted octanol–water partition coefficient (Wildman–Crippen LogP) is 3.53. The number of hydrogen-bond donors (Lipinski definition) is 0. The molecule has 0 N–H and O–H groups in total. The van der Waals surface area contributed by atoms with Crippen molar-refractivity contribution in [3.8, 4) is 11.1 Å². The fourth-order valence-corrected chi connectivity index (χ4v) is 4.38. The molecule has 1 saturated heterocycles. The lowest BCUT2D eigenvalue weighted by molar-refractivity contribution is -0.131. The Labute approximate surface area is 155 Å². The number of thiophene rings is 1. The SMILES string of the molecule is O=C(Cn1cnc2scc(-c3ccccc3)c2c1=O)N1CCCCCC1. The highest BCUT2D eigenvalue weighted by molar-refractivity contribution is 7.17. The number of benzene rings is 1. The number of likely N-dealkylation sites (tertiary alicyclic amines) is 1. The summed E-state index contributed by atoms with van der Waals surface area (Å²) < 4.78 is 1.45. The van der Waals surface area contributed by atoms with Crippen molar-refractivity contribution in [1.29, 1.82) is 0 Å². The van der Waals surface area contributed by atoms with Crippen molar-refractivity contribution in [2.75, 3.05) is 13.1 Å². The van der Waals surface area contributed by atoms with Crippen molar-refractivity contribution in [2.24, 2.45) is 0 Å². The fraction of sp³-hybridized carbons (Fsp3) is 0.350. The number of hydrogen-bond acceptors (Lipinski definition) is 4. The zero-order valence-corrected chi connectivity index (χ0v) is 15.4. The van der Waals surface area contributed by atoms with Crippen molar-refractivity contribution in [3.63, 3.8) is 0 Å². The van der Waals surface area contributed by atoms with Crippen LogP contribution in [0.5, 0.6) is 0 Å². The molecule has 0 spiro atoms. The maximum atomic E-state index is 13.0. The van der Waals surface area contributed by atoms with Gasteiger partial charge in [0.15, 0.2) is 0 Å². The van der Waals surface area contributed by atoms with Crippen molar-refractivity contribution >= 4 is 27.5 Å². The molecule has 1 amide bonds. The average Bonchev–Trinajstić information content (AvgIpc) is 2.91. The molecule has 3 heterocycles. The topological polar surface area (TPSA) is 55.2 Å². The number of amides is 1. The lowest BCUT2D eigenvalue weighted by Gasteiger charge is -2.20. The van der Waals surface area contributed by atoms with Crippen LogP contribution in [-0.4, -0.2) is 33.4 Å². The maximum absolute atomic E-state index is 13.0. The summed E-state index contributed by atoms with van der Waals surface area (Å²) in [5.74, 6) is 0.00615. The number of nitrogens with zero attached hydrogens (tertiary/aromatic N) is 3. The Morgan fingerprint density at radius 2 is 1.81 bits per heavy atom. The number of carbonyl (C=O) groups excluding carboxylic acids is 1. The zero-order chi connectivity index (χ0) is 17.9. The number of carbonyl (C=O) groups is 1. The first-order chi connectivity index (χ1) is 12.7. The van der Waals surface area contributed by atoms with Crippen LogP contribution in [0.3, 0.4) is 0 Å². The van der Waals surface area contributed by atoms with Gasteiger partial charge in [0, 0.05) is 24.0 Å². The molecular formula is C20H21N3O2S. The Morgan fingerprint density at radius 1 is 1.08 bits per heavy atom. The highest BCUT2D eigenvalue weighted by atomic mass is 32.1. The Kier molecular flexibility index (Phi) is 4.84.